The van der Waals surface area contributed by atoms with Crippen molar-refractivity contribution in [3.8, 4) is 0 Å². The van der Waals surface area contributed by atoms with E-state index in [0.717, 1.165) is 50.5 Å². The van der Waals surface area contributed by atoms with Crippen molar-refractivity contribution in [1.29, 1.82) is 0 Å². The van der Waals surface area contributed by atoms with Crippen molar-refractivity contribution in [3.63, 3.8) is 0 Å². The highest BCUT2D eigenvalue weighted by Crippen LogP contribution is 2.42. The van der Waals surface area contributed by atoms with Crippen LogP contribution >= 0.6 is 0 Å². The summed E-state index contributed by atoms with van der Waals surface area (Å²) in [5, 5.41) is 3.42. The van der Waals surface area contributed by atoms with Crippen LogP contribution < -0.4 is 5.32 Å². The molecule has 21 heavy (non-hydrogen) atoms. The van der Waals surface area contributed by atoms with Crippen molar-refractivity contribution in [2.24, 2.45) is 5.92 Å². The van der Waals surface area contributed by atoms with Gasteiger partial charge >= 0.3 is 0 Å². The average molecular weight is 289 g/mol. The van der Waals surface area contributed by atoms with Gasteiger partial charge in [0.15, 0.2) is 5.82 Å². The first-order chi connectivity index (χ1) is 10.1. The van der Waals surface area contributed by atoms with Gasteiger partial charge in [0.05, 0.1) is 5.69 Å². The lowest BCUT2D eigenvalue weighted by Crippen LogP contribution is -2.38. The van der Waals surface area contributed by atoms with Crippen molar-refractivity contribution in [2.45, 2.75) is 65.0 Å². The van der Waals surface area contributed by atoms with Crippen LogP contribution in [0.15, 0.2) is 0 Å². The summed E-state index contributed by atoms with van der Waals surface area (Å²) in [5.41, 5.74) is 3.41. The second kappa shape index (κ2) is 6.01. The molecule has 0 aromatic carbocycles. The van der Waals surface area contributed by atoms with E-state index in [4.69, 9.17) is 14.7 Å². The molecule has 2 unspecified atom stereocenters. The fourth-order valence-electron chi connectivity index (χ4n) is 3.93. The zero-order valence-corrected chi connectivity index (χ0v) is 13.5. The Balaban J connectivity index is 2.01. The summed E-state index contributed by atoms with van der Waals surface area (Å²) in [5.74, 6) is 1.61. The number of fused-ring (bicyclic) bond motifs is 1. The molecule has 0 radical (unpaired) electrons. The minimum absolute atomic E-state index is 0.260. The topological polar surface area (TPSA) is 47.0 Å². The largest absolute Gasteiger partial charge is 0.367 e. The van der Waals surface area contributed by atoms with E-state index in [1.54, 1.807) is 0 Å². The summed E-state index contributed by atoms with van der Waals surface area (Å²) in [6, 6.07) is 0. The summed E-state index contributed by atoms with van der Waals surface area (Å²) in [6.07, 6.45) is 5.64. The summed E-state index contributed by atoms with van der Waals surface area (Å²) in [7, 11) is 0. The summed E-state index contributed by atoms with van der Waals surface area (Å²) in [4.78, 5) is 9.80. The van der Waals surface area contributed by atoms with E-state index in [2.05, 4.69) is 26.1 Å². The zero-order chi connectivity index (χ0) is 14.9. The van der Waals surface area contributed by atoms with Gasteiger partial charge in [-0.25, -0.2) is 9.97 Å². The van der Waals surface area contributed by atoms with Crippen LogP contribution in [0, 0.1) is 12.8 Å². The van der Waals surface area contributed by atoms with E-state index < -0.39 is 0 Å². The van der Waals surface area contributed by atoms with Crippen LogP contribution in [0.1, 0.15) is 62.3 Å². The normalized spacial score (nSPS) is 29.2. The lowest BCUT2D eigenvalue weighted by atomic mass is 9.78. The molecule has 2 heterocycles. The number of hydrogen-bond donors (Lipinski definition) is 1. The second-order valence-electron chi connectivity index (χ2n) is 6.61. The molecular weight excluding hydrogens is 262 g/mol. The Bertz CT molecular complexity index is 513. The third-order valence-electron chi connectivity index (χ3n) is 4.93. The zero-order valence-electron chi connectivity index (χ0n) is 13.5. The smallest absolute Gasteiger partial charge is 0.160 e. The Morgan fingerprint density at radius 3 is 3.00 bits per heavy atom. The Morgan fingerprint density at radius 1 is 1.38 bits per heavy atom. The molecule has 1 fully saturated rings. The molecule has 3 rings (SSSR count). The Labute approximate surface area is 127 Å². The minimum atomic E-state index is -0.260. The Hall–Kier alpha value is -1.00. The standard InChI is InChI=1S/C17H27N3O/c1-4-21-17(8-5-6-12(2)10-17)16-19-13(3)14-7-9-18-11-15(14)20-16/h12,18H,4-11H2,1-3H3. The van der Waals surface area contributed by atoms with Crippen LogP contribution in [0.25, 0.3) is 0 Å². The van der Waals surface area contributed by atoms with Gasteiger partial charge in [0.1, 0.15) is 5.60 Å². The molecule has 1 aliphatic carbocycles. The lowest BCUT2D eigenvalue weighted by molar-refractivity contribution is -0.0883. The van der Waals surface area contributed by atoms with Gasteiger partial charge in [-0.3, -0.25) is 0 Å². The maximum atomic E-state index is 6.23. The van der Waals surface area contributed by atoms with E-state index in [9.17, 15) is 0 Å². The highest BCUT2D eigenvalue weighted by atomic mass is 16.5. The van der Waals surface area contributed by atoms with Gasteiger partial charge in [0.25, 0.3) is 0 Å². The van der Waals surface area contributed by atoms with E-state index in [1.807, 2.05) is 0 Å². The molecule has 1 N–H and O–H groups in total. The SMILES string of the molecule is CCOC1(c2nc(C)c3c(n2)CNCC3)CCCC(C)C1. The average Bonchev–Trinajstić information content (AvgIpc) is 2.47. The minimum Gasteiger partial charge on any atom is -0.367 e. The molecule has 4 nitrogen and oxygen atoms in total. The van der Waals surface area contributed by atoms with Gasteiger partial charge in [0.2, 0.25) is 0 Å². The predicted octanol–water partition coefficient (Wildman–Crippen LogP) is 2.87. The van der Waals surface area contributed by atoms with Crippen LogP contribution in [0.3, 0.4) is 0 Å². The van der Waals surface area contributed by atoms with Gasteiger partial charge in [-0.1, -0.05) is 13.3 Å². The van der Waals surface area contributed by atoms with Crippen LogP contribution in [0.2, 0.25) is 0 Å². The number of rotatable bonds is 3. The molecule has 2 atom stereocenters. The highest BCUT2D eigenvalue weighted by Gasteiger charge is 2.40. The second-order valence-corrected chi connectivity index (χ2v) is 6.61. The third-order valence-corrected chi connectivity index (χ3v) is 4.93. The van der Waals surface area contributed by atoms with E-state index in [-0.39, 0.29) is 5.60 Å². The fourth-order valence-corrected chi connectivity index (χ4v) is 3.93. The molecule has 0 bridgehead atoms. The first-order valence-electron chi connectivity index (χ1n) is 8.36. The summed E-state index contributed by atoms with van der Waals surface area (Å²) < 4.78 is 6.23. The number of nitrogens with zero attached hydrogens (tertiary/aromatic N) is 2. The Morgan fingerprint density at radius 2 is 2.24 bits per heavy atom. The van der Waals surface area contributed by atoms with Crippen molar-refractivity contribution in [1.82, 2.24) is 15.3 Å². The van der Waals surface area contributed by atoms with Gasteiger partial charge in [-0.2, -0.15) is 0 Å². The van der Waals surface area contributed by atoms with Crippen LogP contribution in [-0.4, -0.2) is 23.1 Å². The summed E-state index contributed by atoms with van der Waals surface area (Å²) >= 11 is 0. The van der Waals surface area contributed by atoms with Gasteiger partial charge in [-0.05, 0) is 57.6 Å². The fraction of sp³-hybridized carbons (Fsp3) is 0.765. The van der Waals surface area contributed by atoms with Crippen LogP contribution in [-0.2, 0) is 23.3 Å². The molecule has 0 spiro atoms. The van der Waals surface area contributed by atoms with Crippen LogP contribution in [0.4, 0.5) is 0 Å². The van der Waals surface area contributed by atoms with Gasteiger partial charge < -0.3 is 10.1 Å². The quantitative estimate of drug-likeness (QED) is 0.929. The number of nitrogens with one attached hydrogen (secondary N) is 1. The highest BCUT2D eigenvalue weighted by molar-refractivity contribution is 5.29. The monoisotopic (exact) mass is 289 g/mol. The third kappa shape index (κ3) is 2.84. The van der Waals surface area contributed by atoms with Crippen LogP contribution in [0.5, 0.6) is 0 Å². The van der Waals surface area contributed by atoms with Crippen molar-refractivity contribution in [2.75, 3.05) is 13.2 Å². The van der Waals surface area contributed by atoms with Crippen molar-refractivity contribution >= 4 is 0 Å². The van der Waals surface area contributed by atoms with E-state index >= 15 is 0 Å². The number of ether oxygens (including phenoxy) is 1. The molecule has 1 aromatic heterocycles. The van der Waals surface area contributed by atoms with Gasteiger partial charge in [-0.15, -0.1) is 0 Å². The maximum Gasteiger partial charge on any atom is 0.160 e. The molecule has 1 aromatic rings. The number of aromatic nitrogens is 2. The predicted molar refractivity (Wildman–Crippen MR) is 83.1 cm³/mol. The number of hydrogen-bond acceptors (Lipinski definition) is 4. The van der Waals surface area contributed by atoms with E-state index in [0.29, 0.717) is 5.92 Å². The summed E-state index contributed by atoms with van der Waals surface area (Å²) in [6.45, 7) is 9.15. The molecular formula is C17H27N3O. The lowest BCUT2D eigenvalue weighted by Gasteiger charge is -2.39. The Kier molecular flexibility index (Phi) is 4.27. The first-order valence-corrected chi connectivity index (χ1v) is 8.36. The van der Waals surface area contributed by atoms with Gasteiger partial charge in [0, 0.05) is 18.8 Å². The molecule has 1 aliphatic heterocycles. The van der Waals surface area contributed by atoms with Crippen molar-refractivity contribution in [3.05, 3.63) is 22.8 Å². The maximum absolute atomic E-state index is 6.23. The molecule has 0 amide bonds. The van der Waals surface area contributed by atoms with Crippen molar-refractivity contribution < 1.29 is 4.74 Å². The first kappa shape index (κ1) is 14.9. The molecule has 1 saturated carbocycles. The number of aryl methyl sites for hydroxylation is 1. The molecule has 4 heteroatoms. The molecule has 0 saturated heterocycles. The molecule has 116 valence electrons. The molecule has 2 aliphatic rings. The van der Waals surface area contributed by atoms with E-state index in [1.165, 1.54) is 24.1 Å².